The Hall–Kier alpha value is -1.14. The molecule has 0 aliphatic carbocycles. The lowest BCUT2D eigenvalue weighted by molar-refractivity contribution is -0.143. The molecule has 6 nitrogen and oxygen atoms in total. The van der Waals surface area contributed by atoms with Gasteiger partial charge < -0.3 is 19.4 Å². The number of methoxy groups -OCH3 is 1. The van der Waals surface area contributed by atoms with Crippen molar-refractivity contribution in [1.29, 1.82) is 0 Å². The molecule has 0 aromatic heterocycles. The molecule has 6 atom stereocenters. The van der Waals surface area contributed by atoms with Crippen LogP contribution < -0.4 is 0 Å². The second-order valence-corrected chi connectivity index (χ2v) is 11.1. The van der Waals surface area contributed by atoms with Crippen LogP contribution in [0.5, 0.6) is 0 Å². The molecule has 0 spiro atoms. The van der Waals surface area contributed by atoms with Crippen LogP contribution in [0.25, 0.3) is 0 Å². The van der Waals surface area contributed by atoms with Gasteiger partial charge >= 0.3 is 0 Å². The molecule has 2 aliphatic rings. The van der Waals surface area contributed by atoms with Crippen molar-refractivity contribution < 1.29 is 14.3 Å². The Morgan fingerprint density at radius 3 is 2.30 bits per heavy atom. The minimum atomic E-state index is -0.284. The second kappa shape index (κ2) is 13.1. The lowest BCUT2D eigenvalue weighted by Crippen LogP contribution is -2.52. The van der Waals surface area contributed by atoms with E-state index in [1.807, 2.05) is 11.9 Å². The molecule has 0 N–H and O–H groups in total. The number of hydrogen-bond donors (Lipinski definition) is 0. The number of amides is 2. The van der Waals surface area contributed by atoms with E-state index in [4.69, 9.17) is 4.74 Å². The molecule has 2 amide bonds. The second-order valence-electron chi connectivity index (χ2n) is 11.1. The fourth-order valence-electron chi connectivity index (χ4n) is 6.36. The summed E-state index contributed by atoms with van der Waals surface area (Å²) in [6, 6.07) is 0.240. The number of carbonyl (C=O) groups excluding carboxylic acids is 2. The summed E-state index contributed by atoms with van der Waals surface area (Å²) < 4.78 is 5.94. The number of carbonyl (C=O) groups is 2. The molecule has 192 valence electrons. The zero-order valence-corrected chi connectivity index (χ0v) is 22.7. The van der Waals surface area contributed by atoms with E-state index < -0.39 is 0 Å². The average Bonchev–Trinajstić information content (AvgIpc) is 3.42. The molecule has 2 saturated heterocycles. The minimum absolute atomic E-state index is 0.0938. The maximum Gasteiger partial charge on any atom is 0.225 e. The molecule has 0 aromatic carbocycles. The molecule has 2 fully saturated rings. The summed E-state index contributed by atoms with van der Waals surface area (Å²) in [5, 5.41) is 0. The quantitative estimate of drug-likeness (QED) is 0.432. The predicted molar refractivity (Wildman–Crippen MR) is 135 cm³/mol. The number of likely N-dealkylation sites (N-methyl/N-ethyl adjacent to an activating group) is 1. The zero-order valence-electron chi connectivity index (χ0n) is 22.7. The van der Waals surface area contributed by atoms with E-state index >= 15 is 0 Å². The topological polar surface area (TPSA) is 53.1 Å². The summed E-state index contributed by atoms with van der Waals surface area (Å²) in [6.07, 6.45) is 5.96. The Balaban J connectivity index is 2.12. The van der Waals surface area contributed by atoms with Gasteiger partial charge in [-0.15, -0.1) is 0 Å². The first-order valence-corrected chi connectivity index (χ1v) is 13.4. The summed E-state index contributed by atoms with van der Waals surface area (Å²) in [6.45, 7) is 14.0. The van der Waals surface area contributed by atoms with Gasteiger partial charge in [0.2, 0.25) is 11.8 Å². The molecule has 2 heterocycles. The lowest BCUT2D eigenvalue weighted by Gasteiger charge is -2.39. The fourth-order valence-corrected chi connectivity index (χ4v) is 6.36. The zero-order chi connectivity index (χ0) is 24.7. The van der Waals surface area contributed by atoms with E-state index in [1.165, 1.54) is 0 Å². The van der Waals surface area contributed by atoms with Crippen LogP contribution in [0.2, 0.25) is 0 Å². The molecule has 6 unspecified atom stereocenters. The Kier molecular flexibility index (Phi) is 11.1. The first-order valence-electron chi connectivity index (χ1n) is 13.4. The summed E-state index contributed by atoms with van der Waals surface area (Å²) in [7, 11) is 5.73. The minimum Gasteiger partial charge on any atom is -0.379 e. The monoisotopic (exact) mass is 465 g/mol. The predicted octanol–water partition coefficient (Wildman–Crippen LogP) is 4.28. The van der Waals surface area contributed by atoms with Gasteiger partial charge in [0, 0.05) is 39.7 Å². The maximum atomic E-state index is 13.5. The number of ether oxygens (including phenoxy) is 1. The van der Waals surface area contributed by atoms with Crippen LogP contribution in [-0.4, -0.2) is 85.5 Å². The van der Waals surface area contributed by atoms with E-state index in [1.54, 1.807) is 7.11 Å². The highest BCUT2D eigenvalue weighted by molar-refractivity contribution is 5.79. The third-order valence-corrected chi connectivity index (χ3v) is 8.52. The third-order valence-electron chi connectivity index (χ3n) is 8.52. The van der Waals surface area contributed by atoms with E-state index in [0.29, 0.717) is 36.6 Å². The molecule has 33 heavy (non-hydrogen) atoms. The first kappa shape index (κ1) is 28.1. The van der Waals surface area contributed by atoms with Gasteiger partial charge in [0.1, 0.15) is 0 Å². The van der Waals surface area contributed by atoms with Crippen molar-refractivity contribution in [1.82, 2.24) is 14.7 Å². The van der Waals surface area contributed by atoms with Gasteiger partial charge in [-0.25, -0.2) is 0 Å². The van der Waals surface area contributed by atoms with Gasteiger partial charge in [-0.2, -0.15) is 0 Å². The Morgan fingerprint density at radius 1 is 1.09 bits per heavy atom. The van der Waals surface area contributed by atoms with E-state index in [2.05, 4.69) is 51.5 Å². The summed E-state index contributed by atoms with van der Waals surface area (Å²) in [4.78, 5) is 33.1. The average molecular weight is 466 g/mol. The highest BCUT2D eigenvalue weighted by Gasteiger charge is 2.39. The molecule has 6 heteroatoms. The highest BCUT2D eigenvalue weighted by atomic mass is 16.5. The first-order chi connectivity index (χ1) is 15.6. The smallest absolute Gasteiger partial charge is 0.225 e. The fraction of sp³-hybridized carbons (Fsp3) is 0.926. The SMILES string of the molecule is CCC(C)C(C(CC(=O)N1CCCC1C(CC)C(C)C)OC)N(C)C(=O)CC1CCN(C)C1. The normalized spacial score (nSPS) is 25.3. The van der Waals surface area contributed by atoms with Crippen molar-refractivity contribution in [3.63, 3.8) is 0 Å². The number of nitrogens with zero attached hydrogens (tertiary/aromatic N) is 3. The molecular weight excluding hydrogens is 414 g/mol. The summed E-state index contributed by atoms with van der Waals surface area (Å²) in [5.74, 6) is 2.17. The van der Waals surface area contributed by atoms with Gasteiger partial charge in [-0.1, -0.05) is 47.5 Å². The number of hydrogen-bond acceptors (Lipinski definition) is 4. The van der Waals surface area contributed by atoms with Crippen molar-refractivity contribution in [3.8, 4) is 0 Å². The van der Waals surface area contributed by atoms with Crippen LogP contribution in [0, 0.1) is 23.7 Å². The molecule has 0 radical (unpaired) electrons. The summed E-state index contributed by atoms with van der Waals surface area (Å²) in [5.41, 5.74) is 0. The lowest BCUT2D eigenvalue weighted by atomic mass is 9.84. The van der Waals surface area contributed by atoms with Gasteiger partial charge in [0.25, 0.3) is 0 Å². The maximum absolute atomic E-state index is 13.5. The van der Waals surface area contributed by atoms with Crippen LogP contribution in [0.15, 0.2) is 0 Å². The van der Waals surface area contributed by atoms with Crippen molar-refractivity contribution >= 4 is 11.8 Å². The molecule has 0 aromatic rings. The number of likely N-dealkylation sites (tertiary alicyclic amines) is 2. The largest absolute Gasteiger partial charge is 0.379 e. The van der Waals surface area contributed by atoms with Crippen molar-refractivity contribution in [3.05, 3.63) is 0 Å². The molecule has 2 aliphatic heterocycles. The molecule has 2 rings (SSSR count). The van der Waals surface area contributed by atoms with Crippen LogP contribution in [0.1, 0.15) is 79.6 Å². The third kappa shape index (κ3) is 7.17. The van der Waals surface area contributed by atoms with E-state index in [-0.39, 0.29) is 29.9 Å². The van der Waals surface area contributed by atoms with Crippen molar-refractivity contribution in [2.24, 2.45) is 23.7 Å². The Labute approximate surface area is 203 Å². The van der Waals surface area contributed by atoms with Crippen LogP contribution in [-0.2, 0) is 14.3 Å². The van der Waals surface area contributed by atoms with Gasteiger partial charge in [0.15, 0.2) is 0 Å². The Bertz CT molecular complexity index is 626. The van der Waals surface area contributed by atoms with Crippen LogP contribution >= 0.6 is 0 Å². The Morgan fingerprint density at radius 2 is 1.79 bits per heavy atom. The van der Waals surface area contributed by atoms with E-state index in [0.717, 1.165) is 51.7 Å². The van der Waals surface area contributed by atoms with Crippen LogP contribution in [0.3, 0.4) is 0 Å². The van der Waals surface area contributed by atoms with Gasteiger partial charge in [-0.3, -0.25) is 9.59 Å². The van der Waals surface area contributed by atoms with Crippen molar-refractivity contribution in [2.75, 3.05) is 40.8 Å². The standard InChI is InChI=1S/C27H51N3O3/c1-9-20(5)27(29(7)25(31)16-21-13-15-28(6)18-21)24(33-8)17-26(32)30-14-11-12-23(30)22(10-2)19(3)4/h19-24,27H,9-18H2,1-8H3. The van der Waals surface area contributed by atoms with Crippen LogP contribution in [0.4, 0.5) is 0 Å². The molecule has 0 bridgehead atoms. The molecular formula is C27H51N3O3. The van der Waals surface area contributed by atoms with Gasteiger partial charge in [-0.05, 0) is 56.5 Å². The van der Waals surface area contributed by atoms with E-state index in [9.17, 15) is 9.59 Å². The van der Waals surface area contributed by atoms with Gasteiger partial charge in [0.05, 0.1) is 18.6 Å². The number of rotatable bonds is 12. The summed E-state index contributed by atoms with van der Waals surface area (Å²) >= 11 is 0. The molecule has 0 saturated carbocycles. The van der Waals surface area contributed by atoms with Crippen molar-refractivity contribution in [2.45, 2.75) is 97.8 Å². The highest BCUT2D eigenvalue weighted by Crippen LogP contribution is 2.32.